The van der Waals surface area contributed by atoms with Gasteiger partial charge in [-0.1, -0.05) is 23.8 Å². The van der Waals surface area contributed by atoms with Crippen molar-refractivity contribution in [2.24, 2.45) is 12.9 Å². The van der Waals surface area contributed by atoms with Crippen LogP contribution >= 0.6 is 0 Å². The maximum atomic E-state index is 5.61. The highest BCUT2D eigenvalue weighted by Gasteiger charge is 2.17. The van der Waals surface area contributed by atoms with Crippen LogP contribution in [0.3, 0.4) is 0 Å². The second kappa shape index (κ2) is 4.69. The summed E-state index contributed by atoms with van der Waals surface area (Å²) < 4.78 is 1.88. The number of nitrogens with zero attached hydrogens (tertiary/aromatic N) is 2. The number of fused-ring (bicyclic) bond motifs is 1. The zero-order chi connectivity index (χ0) is 12.4. The van der Waals surface area contributed by atoms with Gasteiger partial charge in [-0.2, -0.15) is 5.10 Å². The molecule has 0 bridgehead atoms. The summed E-state index contributed by atoms with van der Waals surface area (Å²) in [5, 5.41) is 5.69. The van der Waals surface area contributed by atoms with Crippen molar-refractivity contribution >= 4 is 10.9 Å². The second-order valence-corrected chi connectivity index (χ2v) is 4.41. The number of nitrogens with one attached hydrogen (secondary N) is 1. The summed E-state index contributed by atoms with van der Waals surface area (Å²) in [6.07, 6.45) is 0.789. The molecule has 1 unspecified atom stereocenters. The third-order valence-electron chi connectivity index (χ3n) is 2.87. The molecule has 0 aliphatic carbocycles. The summed E-state index contributed by atoms with van der Waals surface area (Å²) in [5.41, 5.74) is 6.00. The van der Waals surface area contributed by atoms with E-state index in [1.807, 2.05) is 30.8 Å². The third kappa shape index (κ3) is 2.23. The molecule has 0 radical (unpaired) electrons. The molecule has 4 heteroatoms. The molecule has 2 rings (SSSR count). The maximum Gasteiger partial charge on any atom is 0.0889 e. The van der Waals surface area contributed by atoms with E-state index in [2.05, 4.69) is 29.2 Å². The average Bonchev–Trinajstić information content (AvgIpc) is 2.64. The minimum Gasteiger partial charge on any atom is -0.271 e. The van der Waals surface area contributed by atoms with E-state index in [9.17, 15) is 0 Å². The third-order valence-corrected chi connectivity index (χ3v) is 2.87. The molecule has 90 valence electrons. The molecule has 1 aromatic carbocycles. The summed E-state index contributed by atoms with van der Waals surface area (Å²) >= 11 is 0. The summed E-state index contributed by atoms with van der Waals surface area (Å²) in [5.74, 6) is 5.61. The maximum absolute atomic E-state index is 5.61. The Labute approximate surface area is 101 Å². The van der Waals surface area contributed by atoms with Gasteiger partial charge in [-0.15, -0.1) is 6.58 Å². The van der Waals surface area contributed by atoms with Gasteiger partial charge in [-0.25, -0.2) is 0 Å². The molecule has 17 heavy (non-hydrogen) atoms. The molecule has 2 aromatic rings. The molecule has 4 nitrogen and oxygen atoms in total. The lowest BCUT2D eigenvalue weighted by atomic mass is 10.0. The smallest absolute Gasteiger partial charge is 0.0889 e. The Morgan fingerprint density at radius 3 is 2.88 bits per heavy atom. The highest BCUT2D eigenvalue weighted by molar-refractivity contribution is 5.82. The van der Waals surface area contributed by atoms with Crippen LogP contribution in [0.5, 0.6) is 0 Å². The Balaban J connectivity index is 2.50. The zero-order valence-electron chi connectivity index (χ0n) is 10.3. The number of para-hydroxylation sites is 1. The highest BCUT2D eigenvalue weighted by Crippen LogP contribution is 2.26. The molecule has 0 fully saturated rings. The Bertz CT molecular complexity index is 541. The van der Waals surface area contributed by atoms with Crippen LogP contribution in [0, 0.1) is 0 Å². The van der Waals surface area contributed by atoms with Crippen LogP contribution in [0.15, 0.2) is 36.4 Å². The first-order valence-electron chi connectivity index (χ1n) is 5.65. The Morgan fingerprint density at radius 2 is 2.24 bits per heavy atom. The van der Waals surface area contributed by atoms with E-state index in [0.717, 1.165) is 28.6 Å². The van der Waals surface area contributed by atoms with Gasteiger partial charge < -0.3 is 0 Å². The van der Waals surface area contributed by atoms with E-state index in [-0.39, 0.29) is 6.04 Å². The summed E-state index contributed by atoms with van der Waals surface area (Å²) in [4.78, 5) is 0. The van der Waals surface area contributed by atoms with Crippen molar-refractivity contribution in [3.05, 3.63) is 42.1 Å². The van der Waals surface area contributed by atoms with Crippen molar-refractivity contribution in [3.63, 3.8) is 0 Å². The average molecular weight is 230 g/mol. The molecule has 0 spiro atoms. The number of aromatic nitrogens is 2. The highest BCUT2D eigenvalue weighted by atomic mass is 15.3. The monoisotopic (exact) mass is 230 g/mol. The predicted octanol–water partition coefficient (Wildman–Crippen LogP) is 2.04. The number of hydrogen-bond acceptors (Lipinski definition) is 3. The topological polar surface area (TPSA) is 55.9 Å². The predicted molar refractivity (Wildman–Crippen MR) is 70.2 cm³/mol. The van der Waals surface area contributed by atoms with E-state index in [1.54, 1.807) is 0 Å². The van der Waals surface area contributed by atoms with Gasteiger partial charge in [-0.3, -0.25) is 16.0 Å². The van der Waals surface area contributed by atoms with E-state index >= 15 is 0 Å². The van der Waals surface area contributed by atoms with Gasteiger partial charge in [-0.05, 0) is 19.4 Å². The largest absolute Gasteiger partial charge is 0.271 e. The quantitative estimate of drug-likeness (QED) is 0.480. The molecular weight excluding hydrogens is 212 g/mol. The van der Waals surface area contributed by atoms with Gasteiger partial charge in [0.05, 0.1) is 17.3 Å². The first-order valence-corrected chi connectivity index (χ1v) is 5.65. The van der Waals surface area contributed by atoms with E-state index in [4.69, 9.17) is 5.84 Å². The van der Waals surface area contributed by atoms with Crippen LogP contribution in [0.25, 0.3) is 10.9 Å². The van der Waals surface area contributed by atoms with Crippen molar-refractivity contribution in [1.82, 2.24) is 15.2 Å². The van der Waals surface area contributed by atoms with Gasteiger partial charge in [0.1, 0.15) is 0 Å². The molecule has 0 amide bonds. The molecule has 1 aromatic heterocycles. The van der Waals surface area contributed by atoms with Gasteiger partial charge >= 0.3 is 0 Å². The first kappa shape index (κ1) is 11.8. The molecule has 1 atom stereocenters. The van der Waals surface area contributed by atoms with Crippen LogP contribution in [-0.4, -0.2) is 9.78 Å². The lowest BCUT2D eigenvalue weighted by Crippen LogP contribution is -2.28. The van der Waals surface area contributed by atoms with Crippen molar-refractivity contribution in [1.29, 1.82) is 0 Å². The number of hydrogen-bond donors (Lipinski definition) is 2. The summed E-state index contributed by atoms with van der Waals surface area (Å²) in [7, 11) is 1.94. The lowest BCUT2D eigenvalue weighted by Gasteiger charge is -2.13. The lowest BCUT2D eigenvalue weighted by molar-refractivity contribution is 0.531. The van der Waals surface area contributed by atoms with Crippen LogP contribution in [-0.2, 0) is 7.05 Å². The van der Waals surface area contributed by atoms with Crippen molar-refractivity contribution in [2.45, 2.75) is 19.4 Å². The molecule has 0 saturated heterocycles. The van der Waals surface area contributed by atoms with Crippen LogP contribution < -0.4 is 11.3 Å². The number of nitrogens with two attached hydrogens (primary N) is 1. The van der Waals surface area contributed by atoms with Crippen LogP contribution in [0.1, 0.15) is 25.1 Å². The minimum atomic E-state index is 0.0126. The second-order valence-electron chi connectivity index (χ2n) is 4.41. The summed E-state index contributed by atoms with van der Waals surface area (Å²) in [6, 6.07) is 8.17. The fourth-order valence-electron chi connectivity index (χ4n) is 2.08. The Hall–Kier alpha value is -1.65. The molecule has 0 aliphatic rings. The Morgan fingerprint density at radius 1 is 1.53 bits per heavy atom. The fraction of sp³-hybridized carbons (Fsp3) is 0.308. The van der Waals surface area contributed by atoms with E-state index < -0.39 is 0 Å². The van der Waals surface area contributed by atoms with Gasteiger partial charge in [0, 0.05) is 12.4 Å². The zero-order valence-corrected chi connectivity index (χ0v) is 10.3. The fourth-order valence-corrected chi connectivity index (χ4v) is 2.08. The molecule has 3 N–H and O–H groups in total. The SMILES string of the molecule is C=C(C)CC(NN)c1nn(C)c2ccccc12. The minimum absolute atomic E-state index is 0.0126. The molecule has 0 aliphatic heterocycles. The number of hydrazine groups is 1. The number of rotatable bonds is 4. The van der Waals surface area contributed by atoms with E-state index in [0.29, 0.717) is 0 Å². The normalized spacial score (nSPS) is 12.9. The molecule has 1 heterocycles. The van der Waals surface area contributed by atoms with Crippen LogP contribution in [0.4, 0.5) is 0 Å². The van der Waals surface area contributed by atoms with Gasteiger partial charge in [0.15, 0.2) is 0 Å². The van der Waals surface area contributed by atoms with Crippen LogP contribution in [0.2, 0.25) is 0 Å². The summed E-state index contributed by atoms with van der Waals surface area (Å²) in [6.45, 7) is 5.92. The number of benzene rings is 1. The van der Waals surface area contributed by atoms with Gasteiger partial charge in [0.2, 0.25) is 0 Å². The molecular formula is C13H18N4. The van der Waals surface area contributed by atoms with Gasteiger partial charge in [0.25, 0.3) is 0 Å². The van der Waals surface area contributed by atoms with Crippen molar-refractivity contribution < 1.29 is 0 Å². The Kier molecular flexibility index (Phi) is 3.26. The van der Waals surface area contributed by atoms with Crippen molar-refractivity contribution in [3.8, 4) is 0 Å². The molecule has 0 saturated carbocycles. The number of aryl methyl sites for hydroxylation is 1. The van der Waals surface area contributed by atoms with E-state index in [1.165, 1.54) is 0 Å². The first-order chi connectivity index (χ1) is 8.13. The standard InChI is InChI=1S/C13H18N4/c1-9(2)8-11(15-14)13-10-6-4-5-7-12(10)17(3)16-13/h4-7,11,15H,1,8,14H2,2-3H3. The van der Waals surface area contributed by atoms with Crippen molar-refractivity contribution in [2.75, 3.05) is 0 Å².